The van der Waals surface area contributed by atoms with Gasteiger partial charge in [0, 0.05) is 24.3 Å². The van der Waals surface area contributed by atoms with E-state index in [1.807, 2.05) is 14.0 Å². The molecule has 0 aromatic heterocycles. The lowest BCUT2D eigenvalue weighted by molar-refractivity contribution is -0.108. The molecule has 0 aliphatic rings. The first-order valence-corrected chi connectivity index (χ1v) is 8.29. The van der Waals surface area contributed by atoms with Crippen molar-refractivity contribution in [2.45, 2.75) is 45.3 Å². The average molecular weight is 337 g/mol. The van der Waals surface area contributed by atoms with Crippen molar-refractivity contribution in [2.24, 2.45) is 11.1 Å². The fourth-order valence-corrected chi connectivity index (χ4v) is 2.52. The van der Waals surface area contributed by atoms with Crippen LogP contribution in [0, 0.1) is 5.41 Å². The largest absolute Gasteiger partial charge is 0.378 e. The van der Waals surface area contributed by atoms with E-state index in [0.29, 0.717) is 32.8 Å². The number of carbonyl (C=O) groups excluding carboxylic acids is 1. The van der Waals surface area contributed by atoms with E-state index in [1.54, 1.807) is 0 Å². The number of aldehydes is 1. The topological polar surface area (TPSA) is 73.6 Å². The maximum atomic E-state index is 10.3. The molecule has 6 heteroatoms. The molecule has 0 heterocycles. The molecule has 0 rings (SSSR count). The molecule has 0 aliphatic carbocycles. The Kier molecular flexibility index (Phi) is 15.8. The Bertz CT molecular complexity index is 248. The van der Waals surface area contributed by atoms with E-state index in [9.17, 15) is 4.79 Å². The second-order valence-electron chi connectivity index (χ2n) is 6.72. The lowest BCUT2D eigenvalue weighted by Gasteiger charge is -2.29. The lowest BCUT2D eigenvalue weighted by Crippen LogP contribution is -2.24. The molecular weight excluding hydrogens is 300 g/mol. The monoisotopic (exact) mass is 336 g/mol. The molecule has 1 unspecified atom stereocenters. The predicted octanol–water partition coefficient (Wildman–Crippen LogP) is 1.90. The Morgan fingerprint density at radius 2 is 1.64 bits per heavy atom. The van der Waals surface area contributed by atoms with Crippen LogP contribution in [0.25, 0.3) is 0 Å². The summed E-state index contributed by atoms with van der Waals surface area (Å²) in [6.45, 7) is 12.6. The van der Waals surface area contributed by atoms with E-state index < -0.39 is 0 Å². The molecule has 0 saturated carbocycles. The predicted molar refractivity (Wildman–Crippen MR) is 96.8 cm³/mol. The van der Waals surface area contributed by atoms with Gasteiger partial charge in [-0.15, -0.1) is 0 Å². The van der Waals surface area contributed by atoms with Crippen LogP contribution in [-0.4, -0.2) is 57.6 Å². The number of likely N-dealkylation sites (N-methyl/N-ethyl adjacent to an activating group) is 1. The maximum absolute atomic E-state index is 10.3. The van der Waals surface area contributed by atoms with Crippen molar-refractivity contribution in [3.63, 3.8) is 0 Å². The fourth-order valence-electron chi connectivity index (χ4n) is 1.97. The number of ether oxygens (including phenoxy) is 2. The molecule has 0 radical (unpaired) electrons. The highest BCUT2D eigenvalue weighted by atomic mass is 32.1. The lowest BCUT2D eigenvalue weighted by atomic mass is 9.84. The molecule has 0 amide bonds. The minimum atomic E-state index is -0.139. The minimum absolute atomic E-state index is 0.139. The molecule has 134 valence electrons. The Hall–Kier alpha value is -0.140. The van der Waals surface area contributed by atoms with Crippen molar-refractivity contribution in [2.75, 3.05) is 46.6 Å². The van der Waals surface area contributed by atoms with Crippen LogP contribution in [0.2, 0.25) is 0 Å². The molecule has 0 aliphatic heterocycles. The first-order chi connectivity index (χ1) is 10.2. The molecule has 0 spiro atoms. The summed E-state index contributed by atoms with van der Waals surface area (Å²) < 4.78 is 10.1. The van der Waals surface area contributed by atoms with Crippen LogP contribution in [0.15, 0.2) is 0 Å². The summed E-state index contributed by atoms with van der Waals surface area (Å²) in [7, 11) is 1.90. The molecule has 0 fully saturated rings. The summed E-state index contributed by atoms with van der Waals surface area (Å²) in [5.74, 6) is 0. The highest BCUT2D eigenvalue weighted by molar-refractivity contribution is 7.81. The van der Waals surface area contributed by atoms with Gasteiger partial charge in [0.05, 0.1) is 26.4 Å². The summed E-state index contributed by atoms with van der Waals surface area (Å²) >= 11 is 4.43. The summed E-state index contributed by atoms with van der Waals surface area (Å²) in [6.07, 6.45) is 2.44. The van der Waals surface area contributed by atoms with Crippen LogP contribution < -0.4 is 11.1 Å². The molecular formula is C16H36N2O3S. The van der Waals surface area contributed by atoms with E-state index in [1.165, 1.54) is 0 Å². The van der Waals surface area contributed by atoms with Crippen LogP contribution in [0.4, 0.5) is 0 Å². The molecule has 3 N–H and O–H groups in total. The van der Waals surface area contributed by atoms with Gasteiger partial charge in [-0.2, -0.15) is 12.6 Å². The molecule has 0 bridgehead atoms. The summed E-state index contributed by atoms with van der Waals surface area (Å²) in [5.41, 5.74) is 5.46. The van der Waals surface area contributed by atoms with Crippen molar-refractivity contribution in [3.05, 3.63) is 0 Å². The normalized spacial score (nSPS) is 14.0. The number of hydrogen-bond donors (Lipinski definition) is 3. The SMILES string of the molecule is CC(C)(C)CC(C)(S)CC=O.CNCCOCCOCCN. The number of carbonyl (C=O) groups is 1. The van der Waals surface area contributed by atoms with Gasteiger partial charge in [-0.05, 0) is 18.9 Å². The molecule has 0 aromatic rings. The Balaban J connectivity index is 0. The number of rotatable bonds is 11. The number of thiol groups is 1. The zero-order chi connectivity index (χ0) is 17.5. The smallest absolute Gasteiger partial charge is 0.121 e. The number of hydrogen-bond acceptors (Lipinski definition) is 6. The zero-order valence-corrected chi connectivity index (χ0v) is 15.9. The van der Waals surface area contributed by atoms with E-state index >= 15 is 0 Å². The quantitative estimate of drug-likeness (QED) is 0.305. The third-order valence-corrected chi connectivity index (χ3v) is 2.91. The minimum Gasteiger partial charge on any atom is -0.378 e. The van der Waals surface area contributed by atoms with Crippen molar-refractivity contribution >= 4 is 18.9 Å². The van der Waals surface area contributed by atoms with Gasteiger partial charge in [0.15, 0.2) is 0 Å². The van der Waals surface area contributed by atoms with E-state index in [-0.39, 0.29) is 10.2 Å². The van der Waals surface area contributed by atoms with Gasteiger partial charge in [-0.1, -0.05) is 27.7 Å². The number of nitrogens with one attached hydrogen (secondary N) is 1. The first kappa shape index (κ1) is 24.1. The van der Waals surface area contributed by atoms with Gasteiger partial charge in [0.25, 0.3) is 0 Å². The van der Waals surface area contributed by atoms with Gasteiger partial charge in [0.1, 0.15) is 6.29 Å². The second-order valence-corrected chi connectivity index (χ2v) is 7.80. The van der Waals surface area contributed by atoms with E-state index in [2.05, 4.69) is 38.7 Å². The molecule has 5 nitrogen and oxygen atoms in total. The van der Waals surface area contributed by atoms with Crippen LogP contribution >= 0.6 is 12.6 Å². The Labute approximate surface area is 142 Å². The Morgan fingerprint density at radius 1 is 1.09 bits per heavy atom. The molecule has 1 atom stereocenters. The molecule has 0 saturated heterocycles. The highest BCUT2D eigenvalue weighted by Crippen LogP contribution is 2.33. The third-order valence-electron chi connectivity index (χ3n) is 2.56. The molecule has 22 heavy (non-hydrogen) atoms. The summed E-state index contributed by atoms with van der Waals surface area (Å²) in [6, 6.07) is 0. The average Bonchev–Trinajstić information content (AvgIpc) is 2.35. The molecule has 0 aromatic carbocycles. The van der Waals surface area contributed by atoms with Crippen LogP contribution in [-0.2, 0) is 14.3 Å². The van der Waals surface area contributed by atoms with Gasteiger partial charge in [0.2, 0.25) is 0 Å². The van der Waals surface area contributed by atoms with Gasteiger partial charge in [-0.3, -0.25) is 0 Å². The zero-order valence-electron chi connectivity index (χ0n) is 15.0. The second kappa shape index (κ2) is 14.5. The van der Waals surface area contributed by atoms with Crippen molar-refractivity contribution < 1.29 is 14.3 Å². The number of nitrogens with two attached hydrogens (primary N) is 1. The first-order valence-electron chi connectivity index (χ1n) is 7.84. The third kappa shape index (κ3) is 22.1. The van der Waals surface area contributed by atoms with Gasteiger partial charge < -0.3 is 25.3 Å². The van der Waals surface area contributed by atoms with Crippen LogP contribution in [0.5, 0.6) is 0 Å². The summed E-state index contributed by atoms with van der Waals surface area (Å²) in [5, 5.41) is 2.98. The fraction of sp³-hybridized carbons (Fsp3) is 0.938. The maximum Gasteiger partial charge on any atom is 0.121 e. The van der Waals surface area contributed by atoms with Gasteiger partial charge >= 0.3 is 0 Å². The van der Waals surface area contributed by atoms with Crippen molar-refractivity contribution in [1.82, 2.24) is 5.32 Å². The van der Waals surface area contributed by atoms with Gasteiger partial charge in [-0.25, -0.2) is 0 Å². The van der Waals surface area contributed by atoms with Crippen molar-refractivity contribution in [1.29, 1.82) is 0 Å². The van der Waals surface area contributed by atoms with Crippen LogP contribution in [0.1, 0.15) is 40.5 Å². The summed E-state index contributed by atoms with van der Waals surface area (Å²) in [4.78, 5) is 10.3. The highest BCUT2D eigenvalue weighted by Gasteiger charge is 2.25. The van der Waals surface area contributed by atoms with Crippen LogP contribution in [0.3, 0.4) is 0 Å². The van der Waals surface area contributed by atoms with Crippen molar-refractivity contribution in [3.8, 4) is 0 Å². The van der Waals surface area contributed by atoms with E-state index in [0.717, 1.165) is 25.9 Å². The standard InChI is InChI=1S/C9H18OS.C7H18N2O2/c1-8(2,3)7-9(4,11)5-6-10;1-9-3-5-11-7-6-10-4-2-8/h6,11H,5,7H2,1-4H3;9H,2-8H2,1H3. The van der Waals surface area contributed by atoms with E-state index in [4.69, 9.17) is 15.2 Å². The Morgan fingerprint density at radius 3 is 2.05 bits per heavy atom.